The summed E-state index contributed by atoms with van der Waals surface area (Å²) < 4.78 is 5.61. The standard InChI is InChI=1S/C15H10N2O3/c18-10-9-16-12-1-5-14(6-2-12)20-15-7-3-13(4-8-15)17-11-19/h1-10H. The number of ether oxygens (including phenoxy) is 1. The zero-order chi connectivity index (χ0) is 14.2. The van der Waals surface area contributed by atoms with E-state index in [-0.39, 0.29) is 0 Å². The molecule has 0 saturated heterocycles. The Hall–Kier alpha value is -3.04. The van der Waals surface area contributed by atoms with E-state index in [1.165, 1.54) is 12.3 Å². The van der Waals surface area contributed by atoms with Crippen molar-refractivity contribution in [1.29, 1.82) is 0 Å². The van der Waals surface area contributed by atoms with E-state index >= 15 is 0 Å². The molecule has 0 aromatic heterocycles. The molecule has 0 fully saturated rings. The summed E-state index contributed by atoms with van der Waals surface area (Å²) in [6, 6.07) is 13.7. The average molecular weight is 266 g/mol. The molecule has 0 heterocycles. The first kappa shape index (κ1) is 13.4. The van der Waals surface area contributed by atoms with Crippen molar-refractivity contribution in [3.05, 3.63) is 48.5 Å². The highest BCUT2D eigenvalue weighted by atomic mass is 16.5. The van der Waals surface area contributed by atoms with Crippen LogP contribution in [0.3, 0.4) is 0 Å². The molecule has 0 N–H and O–H groups in total. The van der Waals surface area contributed by atoms with Gasteiger partial charge in [0, 0.05) is 0 Å². The molecule has 0 bridgehead atoms. The highest BCUT2D eigenvalue weighted by molar-refractivity contribution is 6.13. The molecule has 2 rings (SSSR count). The summed E-state index contributed by atoms with van der Waals surface area (Å²) in [4.78, 5) is 27.7. The summed E-state index contributed by atoms with van der Waals surface area (Å²) in [6.45, 7) is 0. The lowest BCUT2D eigenvalue weighted by molar-refractivity contribution is -0.102. The fourth-order valence-corrected chi connectivity index (χ4v) is 1.49. The summed E-state index contributed by atoms with van der Waals surface area (Å²) in [5.74, 6) is 1.26. The minimum Gasteiger partial charge on any atom is -0.457 e. The molecule has 98 valence electrons. The van der Waals surface area contributed by atoms with Crippen LogP contribution in [0.1, 0.15) is 0 Å². The van der Waals surface area contributed by atoms with E-state index in [0.717, 1.165) is 0 Å². The number of hydrogen-bond donors (Lipinski definition) is 0. The first-order valence-electron chi connectivity index (χ1n) is 5.75. The second-order valence-corrected chi connectivity index (χ2v) is 3.71. The molecule has 0 spiro atoms. The van der Waals surface area contributed by atoms with Crippen LogP contribution in [0.25, 0.3) is 0 Å². The van der Waals surface area contributed by atoms with Gasteiger partial charge in [-0.25, -0.2) is 4.79 Å². The van der Waals surface area contributed by atoms with Crippen LogP contribution < -0.4 is 4.74 Å². The van der Waals surface area contributed by atoms with Crippen LogP contribution in [-0.4, -0.2) is 18.6 Å². The van der Waals surface area contributed by atoms with Gasteiger partial charge in [0.2, 0.25) is 6.08 Å². The molecular formula is C15H10N2O3. The van der Waals surface area contributed by atoms with Gasteiger partial charge in [0.15, 0.2) is 6.29 Å². The first-order valence-corrected chi connectivity index (χ1v) is 5.75. The van der Waals surface area contributed by atoms with E-state index in [1.54, 1.807) is 48.5 Å². The number of aldehydes is 1. The van der Waals surface area contributed by atoms with Gasteiger partial charge in [-0.05, 0) is 48.5 Å². The summed E-state index contributed by atoms with van der Waals surface area (Å²) >= 11 is 0. The second kappa shape index (κ2) is 6.78. The summed E-state index contributed by atoms with van der Waals surface area (Å²) in [6.07, 6.45) is 3.27. The van der Waals surface area contributed by atoms with Gasteiger partial charge in [-0.15, -0.1) is 0 Å². The van der Waals surface area contributed by atoms with Gasteiger partial charge in [0.05, 0.1) is 17.6 Å². The van der Waals surface area contributed by atoms with E-state index in [0.29, 0.717) is 29.2 Å². The van der Waals surface area contributed by atoms with Crippen molar-refractivity contribution in [2.45, 2.75) is 0 Å². The highest BCUT2D eigenvalue weighted by Gasteiger charge is 1.98. The fraction of sp³-hybridized carbons (Fsp3) is 0. The van der Waals surface area contributed by atoms with Crippen LogP contribution >= 0.6 is 0 Å². The molecule has 5 nitrogen and oxygen atoms in total. The van der Waals surface area contributed by atoms with Crippen LogP contribution in [0.15, 0.2) is 58.5 Å². The van der Waals surface area contributed by atoms with Gasteiger partial charge in [-0.2, -0.15) is 4.99 Å². The molecule has 0 amide bonds. The maximum Gasteiger partial charge on any atom is 0.240 e. The predicted octanol–water partition coefficient (Wildman–Crippen LogP) is 3.35. The predicted molar refractivity (Wildman–Crippen MR) is 75.0 cm³/mol. The Bertz CT molecular complexity index is 655. The van der Waals surface area contributed by atoms with Crippen LogP contribution in [-0.2, 0) is 9.59 Å². The van der Waals surface area contributed by atoms with Crippen molar-refractivity contribution in [1.82, 2.24) is 0 Å². The van der Waals surface area contributed by atoms with Gasteiger partial charge in [-0.3, -0.25) is 9.79 Å². The zero-order valence-electron chi connectivity index (χ0n) is 10.4. The number of aliphatic imine (C=N–C) groups is 2. The SMILES string of the molecule is O=C=Nc1ccc(Oc2ccc(N=CC=O)cc2)cc1. The molecular weight excluding hydrogens is 256 g/mol. The van der Waals surface area contributed by atoms with Gasteiger partial charge in [0.1, 0.15) is 11.5 Å². The van der Waals surface area contributed by atoms with E-state index in [4.69, 9.17) is 4.74 Å². The van der Waals surface area contributed by atoms with Crippen molar-refractivity contribution in [2.24, 2.45) is 9.98 Å². The Kier molecular flexibility index (Phi) is 4.54. The molecule has 0 aliphatic heterocycles. The third kappa shape index (κ3) is 3.73. The quantitative estimate of drug-likeness (QED) is 0.473. The molecule has 0 aliphatic rings. The molecule has 20 heavy (non-hydrogen) atoms. The van der Waals surface area contributed by atoms with Crippen molar-refractivity contribution >= 4 is 30.0 Å². The van der Waals surface area contributed by atoms with E-state index in [9.17, 15) is 9.59 Å². The van der Waals surface area contributed by atoms with Crippen LogP contribution in [0.5, 0.6) is 11.5 Å². The second-order valence-electron chi connectivity index (χ2n) is 3.71. The molecule has 0 unspecified atom stereocenters. The van der Waals surface area contributed by atoms with Gasteiger partial charge >= 0.3 is 0 Å². The maximum atomic E-state index is 10.2. The average Bonchev–Trinajstić information content (AvgIpc) is 2.49. The number of carbonyl (C=O) groups is 1. The van der Waals surface area contributed by atoms with E-state index in [2.05, 4.69) is 9.98 Å². The molecule has 0 saturated carbocycles. The molecule has 0 aliphatic carbocycles. The Balaban J connectivity index is 2.07. The first-order chi connectivity index (χ1) is 9.81. The number of benzene rings is 2. The number of hydrogen-bond acceptors (Lipinski definition) is 5. The van der Waals surface area contributed by atoms with Gasteiger partial charge in [-0.1, -0.05) is 0 Å². The smallest absolute Gasteiger partial charge is 0.240 e. The van der Waals surface area contributed by atoms with Gasteiger partial charge < -0.3 is 4.74 Å². The monoisotopic (exact) mass is 266 g/mol. The summed E-state index contributed by atoms with van der Waals surface area (Å²) in [5, 5.41) is 0. The summed E-state index contributed by atoms with van der Waals surface area (Å²) in [7, 11) is 0. The molecule has 0 atom stereocenters. The maximum absolute atomic E-state index is 10.2. The van der Waals surface area contributed by atoms with Crippen LogP contribution in [0, 0.1) is 0 Å². The number of isocyanates is 1. The van der Waals surface area contributed by atoms with Crippen LogP contribution in [0.4, 0.5) is 11.4 Å². The number of nitrogens with zero attached hydrogens (tertiary/aromatic N) is 2. The van der Waals surface area contributed by atoms with Crippen molar-refractivity contribution < 1.29 is 14.3 Å². The lowest BCUT2D eigenvalue weighted by atomic mass is 10.3. The van der Waals surface area contributed by atoms with Gasteiger partial charge in [0.25, 0.3) is 0 Å². The lowest BCUT2D eigenvalue weighted by Gasteiger charge is -2.05. The van der Waals surface area contributed by atoms with E-state index in [1.807, 2.05) is 0 Å². The Morgan fingerprint density at radius 3 is 1.95 bits per heavy atom. The molecule has 2 aromatic rings. The third-order valence-corrected chi connectivity index (χ3v) is 2.37. The third-order valence-electron chi connectivity index (χ3n) is 2.37. The summed E-state index contributed by atoms with van der Waals surface area (Å²) in [5.41, 5.74) is 1.19. The minimum absolute atomic E-state index is 0.519. The topological polar surface area (TPSA) is 68.1 Å². The largest absolute Gasteiger partial charge is 0.457 e. The van der Waals surface area contributed by atoms with Crippen molar-refractivity contribution in [3.8, 4) is 11.5 Å². The molecule has 2 aromatic carbocycles. The molecule has 0 radical (unpaired) electrons. The molecule has 5 heteroatoms. The Morgan fingerprint density at radius 2 is 1.45 bits per heavy atom. The Labute approximate surface area is 115 Å². The van der Waals surface area contributed by atoms with E-state index < -0.39 is 0 Å². The fourth-order valence-electron chi connectivity index (χ4n) is 1.49. The minimum atomic E-state index is 0.519. The van der Waals surface area contributed by atoms with Crippen LogP contribution in [0.2, 0.25) is 0 Å². The lowest BCUT2D eigenvalue weighted by Crippen LogP contribution is -1.83. The van der Waals surface area contributed by atoms with Crippen molar-refractivity contribution in [2.75, 3.05) is 0 Å². The zero-order valence-corrected chi connectivity index (χ0v) is 10.4. The Morgan fingerprint density at radius 1 is 0.900 bits per heavy atom. The highest BCUT2D eigenvalue weighted by Crippen LogP contribution is 2.25. The van der Waals surface area contributed by atoms with Crippen molar-refractivity contribution in [3.63, 3.8) is 0 Å². The number of rotatable bonds is 5. The normalized spacial score (nSPS) is 10.0. The number of carbonyl (C=O) groups excluding carboxylic acids is 2.